The van der Waals surface area contributed by atoms with Crippen LogP contribution < -0.4 is 11.1 Å². The zero-order valence-electron chi connectivity index (χ0n) is 15.8. The van der Waals surface area contributed by atoms with Crippen LogP contribution in [0, 0.1) is 36.4 Å². The van der Waals surface area contributed by atoms with Crippen molar-refractivity contribution in [2.45, 2.75) is 26.2 Å². The highest BCUT2D eigenvalue weighted by atomic mass is 32.1. The fourth-order valence-electron chi connectivity index (χ4n) is 5.05. The molecule has 2 bridgehead atoms. The van der Waals surface area contributed by atoms with E-state index in [0.29, 0.717) is 16.1 Å². The molecule has 1 aromatic carbocycles. The highest BCUT2D eigenvalue weighted by Crippen LogP contribution is 2.53. The number of fused-ring (bicyclic) bond motifs is 2. The van der Waals surface area contributed by atoms with Gasteiger partial charge in [0.15, 0.2) is 0 Å². The van der Waals surface area contributed by atoms with Crippen LogP contribution in [-0.2, 0) is 9.59 Å². The highest BCUT2D eigenvalue weighted by molar-refractivity contribution is 7.17. The number of primary amides is 1. The number of aryl methyl sites for hydroxylation is 1. The number of rotatable bonds is 5. The Morgan fingerprint density at radius 3 is 2.34 bits per heavy atom. The SMILES string of the molecule is Cc1sc(NC(=O)[C@H]2[C@H]3CC[C@@H](C3)[C@@H]2C(=O)O)c(C(N)=O)c1-c1ccc(F)cc1. The third-order valence-corrected chi connectivity index (χ3v) is 7.23. The lowest BCUT2D eigenvalue weighted by Crippen LogP contribution is -2.38. The number of hydrogen-bond acceptors (Lipinski definition) is 4. The van der Waals surface area contributed by atoms with E-state index in [1.54, 1.807) is 19.1 Å². The number of nitrogens with one attached hydrogen (secondary N) is 1. The van der Waals surface area contributed by atoms with Crippen LogP contribution in [0.5, 0.6) is 0 Å². The number of benzene rings is 1. The second-order valence-corrected chi connectivity index (χ2v) is 9.05. The number of nitrogens with two attached hydrogens (primary N) is 1. The van der Waals surface area contributed by atoms with Gasteiger partial charge in [-0.1, -0.05) is 12.1 Å². The summed E-state index contributed by atoms with van der Waals surface area (Å²) in [4.78, 5) is 37.7. The molecule has 8 heteroatoms. The Bertz CT molecular complexity index is 1000. The van der Waals surface area contributed by atoms with Crippen LogP contribution in [0.4, 0.5) is 9.39 Å². The van der Waals surface area contributed by atoms with Gasteiger partial charge in [-0.25, -0.2) is 4.39 Å². The van der Waals surface area contributed by atoms with E-state index in [1.807, 2.05) is 0 Å². The minimum absolute atomic E-state index is 0.0312. The van der Waals surface area contributed by atoms with Crippen LogP contribution in [0.25, 0.3) is 11.1 Å². The van der Waals surface area contributed by atoms with Gasteiger partial charge in [-0.3, -0.25) is 14.4 Å². The summed E-state index contributed by atoms with van der Waals surface area (Å²) in [5.41, 5.74) is 6.96. The van der Waals surface area contributed by atoms with Gasteiger partial charge >= 0.3 is 5.97 Å². The van der Waals surface area contributed by atoms with Crippen LogP contribution >= 0.6 is 11.3 Å². The zero-order valence-corrected chi connectivity index (χ0v) is 16.6. The first-order valence-corrected chi connectivity index (χ1v) is 10.3. The van der Waals surface area contributed by atoms with Crippen molar-refractivity contribution in [3.63, 3.8) is 0 Å². The molecule has 2 aromatic rings. The molecule has 0 unspecified atom stereocenters. The monoisotopic (exact) mass is 416 g/mol. The maximum atomic E-state index is 13.3. The summed E-state index contributed by atoms with van der Waals surface area (Å²) in [6, 6.07) is 5.70. The molecule has 2 amide bonds. The minimum atomic E-state index is -0.943. The summed E-state index contributed by atoms with van der Waals surface area (Å²) >= 11 is 1.21. The van der Waals surface area contributed by atoms with Crippen molar-refractivity contribution < 1.29 is 23.9 Å². The van der Waals surface area contributed by atoms with Gasteiger partial charge in [-0.05, 0) is 55.7 Å². The summed E-state index contributed by atoms with van der Waals surface area (Å²) in [5.74, 6) is -3.63. The third kappa shape index (κ3) is 3.31. The second-order valence-electron chi connectivity index (χ2n) is 7.82. The molecule has 0 aliphatic heterocycles. The number of aliphatic carboxylic acids is 1. The van der Waals surface area contributed by atoms with Gasteiger partial charge < -0.3 is 16.2 Å². The lowest BCUT2D eigenvalue weighted by molar-refractivity contribution is -0.148. The fraction of sp³-hybridized carbons (Fsp3) is 0.381. The quantitative estimate of drug-likeness (QED) is 0.691. The predicted molar refractivity (Wildman–Crippen MR) is 107 cm³/mol. The molecule has 0 radical (unpaired) electrons. The van der Waals surface area contributed by atoms with E-state index in [9.17, 15) is 23.9 Å². The molecule has 152 valence electrons. The van der Waals surface area contributed by atoms with Crippen LogP contribution in [0.15, 0.2) is 24.3 Å². The van der Waals surface area contributed by atoms with Gasteiger partial charge in [-0.2, -0.15) is 0 Å². The number of carboxylic acids is 1. The first-order valence-electron chi connectivity index (χ1n) is 9.50. The first-order chi connectivity index (χ1) is 13.8. The number of carbonyl (C=O) groups excluding carboxylic acids is 2. The number of anilines is 1. The van der Waals surface area contributed by atoms with Gasteiger partial charge in [0.25, 0.3) is 5.91 Å². The summed E-state index contributed by atoms with van der Waals surface area (Å²) < 4.78 is 13.3. The lowest BCUT2D eigenvalue weighted by atomic mass is 9.78. The number of halogens is 1. The number of amides is 2. The Hall–Kier alpha value is -2.74. The van der Waals surface area contributed by atoms with E-state index in [2.05, 4.69) is 5.32 Å². The molecular weight excluding hydrogens is 395 g/mol. The molecule has 0 saturated heterocycles. The van der Waals surface area contributed by atoms with Gasteiger partial charge in [0.05, 0.1) is 17.4 Å². The summed E-state index contributed by atoms with van der Waals surface area (Å²) in [5, 5.41) is 12.7. The van der Waals surface area contributed by atoms with Crippen molar-refractivity contribution in [3.8, 4) is 11.1 Å². The third-order valence-electron chi connectivity index (χ3n) is 6.20. The van der Waals surface area contributed by atoms with Gasteiger partial charge in [-0.15, -0.1) is 11.3 Å². The van der Waals surface area contributed by atoms with Crippen molar-refractivity contribution in [2.75, 3.05) is 5.32 Å². The minimum Gasteiger partial charge on any atom is -0.481 e. The second kappa shape index (κ2) is 7.26. The molecular formula is C21H21FN2O4S. The highest BCUT2D eigenvalue weighted by Gasteiger charge is 2.54. The standard InChI is InChI=1S/C21H21FN2O4S/c1-9-14(10-4-6-13(22)7-5-10)17(18(23)25)20(29-9)24-19(26)15-11-2-3-12(8-11)16(15)21(27)28/h4-7,11-12,15-16H,2-3,8H2,1H3,(H2,23,25)(H,24,26)(H,27,28)/t11-,12-,15-,16-/m0/s1. The maximum absolute atomic E-state index is 13.3. The van der Waals surface area contributed by atoms with Crippen molar-refractivity contribution in [1.29, 1.82) is 0 Å². The molecule has 1 aromatic heterocycles. The van der Waals surface area contributed by atoms with Crippen molar-refractivity contribution in [3.05, 3.63) is 40.5 Å². The molecule has 2 saturated carbocycles. The number of carbonyl (C=O) groups is 3. The lowest BCUT2D eigenvalue weighted by Gasteiger charge is -2.26. The summed E-state index contributed by atoms with van der Waals surface area (Å²) in [7, 11) is 0. The topological polar surface area (TPSA) is 109 Å². The molecule has 0 spiro atoms. The Morgan fingerprint density at radius 2 is 1.76 bits per heavy atom. The Kier molecular flexibility index (Phi) is 4.90. The van der Waals surface area contributed by atoms with Crippen molar-refractivity contribution in [1.82, 2.24) is 0 Å². The number of thiophene rings is 1. The zero-order chi connectivity index (χ0) is 20.9. The predicted octanol–water partition coefficient (Wildman–Crippen LogP) is 3.65. The number of hydrogen-bond donors (Lipinski definition) is 3. The molecule has 2 aliphatic rings. The molecule has 29 heavy (non-hydrogen) atoms. The summed E-state index contributed by atoms with van der Waals surface area (Å²) in [6.45, 7) is 1.79. The maximum Gasteiger partial charge on any atom is 0.307 e. The normalized spacial score (nSPS) is 25.2. The molecule has 4 rings (SSSR count). The van der Waals surface area contributed by atoms with Crippen LogP contribution in [0.1, 0.15) is 34.5 Å². The Labute approximate surface area is 170 Å². The van der Waals surface area contributed by atoms with Gasteiger partial charge in [0.2, 0.25) is 5.91 Å². The Morgan fingerprint density at radius 1 is 1.14 bits per heavy atom. The molecule has 1 heterocycles. The molecule has 2 fully saturated rings. The van der Waals surface area contributed by atoms with Crippen LogP contribution in [0.3, 0.4) is 0 Å². The molecule has 4 N–H and O–H groups in total. The van der Waals surface area contributed by atoms with E-state index in [-0.39, 0.29) is 23.3 Å². The van der Waals surface area contributed by atoms with E-state index in [0.717, 1.165) is 24.1 Å². The van der Waals surface area contributed by atoms with E-state index >= 15 is 0 Å². The van der Waals surface area contributed by atoms with Crippen LogP contribution in [-0.4, -0.2) is 22.9 Å². The van der Waals surface area contributed by atoms with E-state index < -0.39 is 29.5 Å². The van der Waals surface area contributed by atoms with E-state index in [4.69, 9.17) is 5.73 Å². The molecule has 4 atom stereocenters. The van der Waals surface area contributed by atoms with Crippen LogP contribution in [0.2, 0.25) is 0 Å². The molecule has 6 nitrogen and oxygen atoms in total. The van der Waals surface area contributed by atoms with Crippen molar-refractivity contribution in [2.24, 2.45) is 29.4 Å². The van der Waals surface area contributed by atoms with Gasteiger partial charge in [0.1, 0.15) is 10.8 Å². The number of carboxylic acid groups (broad SMARTS) is 1. The van der Waals surface area contributed by atoms with Crippen molar-refractivity contribution >= 4 is 34.1 Å². The Balaban J connectivity index is 1.68. The first kappa shape index (κ1) is 19.6. The average Bonchev–Trinajstić information content (AvgIpc) is 3.35. The average molecular weight is 416 g/mol. The van der Waals surface area contributed by atoms with Gasteiger partial charge in [0, 0.05) is 10.4 Å². The largest absolute Gasteiger partial charge is 0.481 e. The summed E-state index contributed by atoms with van der Waals surface area (Å²) in [6.07, 6.45) is 2.44. The smallest absolute Gasteiger partial charge is 0.307 e. The fourth-order valence-corrected chi connectivity index (χ4v) is 6.14. The van der Waals surface area contributed by atoms with E-state index in [1.165, 1.54) is 23.5 Å². The molecule has 2 aliphatic carbocycles.